The molecule has 100 valence electrons. The molecule has 0 amide bonds. The number of ether oxygens (including phenoxy) is 1. The zero-order chi connectivity index (χ0) is 13.4. The van der Waals surface area contributed by atoms with Crippen molar-refractivity contribution in [2.24, 2.45) is 5.92 Å². The number of aryl methyl sites for hydroxylation is 1. The molecule has 0 aromatic carbocycles. The first kappa shape index (κ1) is 13.0. The number of aliphatic hydroxyl groups excluding tert-OH is 1. The van der Waals surface area contributed by atoms with Crippen LogP contribution < -0.4 is 11.2 Å². The molecule has 3 atom stereocenters. The second-order valence-corrected chi connectivity index (χ2v) is 5.08. The minimum Gasteiger partial charge on any atom is -0.390 e. The molecule has 1 aromatic heterocycles. The lowest BCUT2D eigenvalue weighted by molar-refractivity contribution is -0.0431. The highest BCUT2D eigenvalue weighted by molar-refractivity contribution is 5.02. The van der Waals surface area contributed by atoms with Crippen LogP contribution in [0.5, 0.6) is 0 Å². The van der Waals surface area contributed by atoms with Gasteiger partial charge in [-0.05, 0) is 12.8 Å². The van der Waals surface area contributed by atoms with Crippen molar-refractivity contribution < 1.29 is 9.84 Å². The van der Waals surface area contributed by atoms with E-state index in [1.54, 1.807) is 6.92 Å². The van der Waals surface area contributed by atoms with Crippen molar-refractivity contribution in [1.29, 1.82) is 0 Å². The van der Waals surface area contributed by atoms with Gasteiger partial charge in [-0.15, -0.1) is 0 Å². The SMILES string of the molecule is Cc1cn([C@H]2CC(O)[C@@H](C(C)C)O2)c(=O)[nH]c1=O. The summed E-state index contributed by atoms with van der Waals surface area (Å²) < 4.78 is 7.02. The smallest absolute Gasteiger partial charge is 0.330 e. The Bertz CT molecular complexity index is 546. The molecule has 0 aliphatic carbocycles. The molecule has 18 heavy (non-hydrogen) atoms. The Hall–Kier alpha value is -1.40. The average molecular weight is 254 g/mol. The topological polar surface area (TPSA) is 84.3 Å². The number of hydrogen-bond donors (Lipinski definition) is 2. The van der Waals surface area contributed by atoms with Crippen molar-refractivity contribution >= 4 is 0 Å². The summed E-state index contributed by atoms with van der Waals surface area (Å²) in [5.74, 6) is 0.171. The standard InChI is InChI=1S/C12H18N2O4/c1-6(2)10-8(15)4-9(18-10)14-5-7(3)11(16)13-12(14)17/h5-6,8-10,15H,4H2,1-3H3,(H,13,16,17)/t8?,9-,10-/m1/s1. The first-order valence-electron chi connectivity index (χ1n) is 6.05. The van der Waals surface area contributed by atoms with Gasteiger partial charge in [-0.3, -0.25) is 14.3 Å². The van der Waals surface area contributed by atoms with Crippen molar-refractivity contribution in [3.63, 3.8) is 0 Å². The van der Waals surface area contributed by atoms with Crippen LogP contribution in [0.4, 0.5) is 0 Å². The zero-order valence-corrected chi connectivity index (χ0v) is 10.7. The van der Waals surface area contributed by atoms with Gasteiger partial charge in [0.1, 0.15) is 6.23 Å². The summed E-state index contributed by atoms with van der Waals surface area (Å²) >= 11 is 0. The minimum absolute atomic E-state index is 0.171. The largest absolute Gasteiger partial charge is 0.390 e. The van der Waals surface area contributed by atoms with Crippen LogP contribution in [0.25, 0.3) is 0 Å². The Labute approximate surface area is 104 Å². The van der Waals surface area contributed by atoms with Crippen molar-refractivity contribution in [3.05, 3.63) is 32.6 Å². The van der Waals surface area contributed by atoms with Gasteiger partial charge in [0.2, 0.25) is 0 Å². The van der Waals surface area contributed by atoms with Crippen LogP contribution in [-0.4, -0.2) is 26.9 Å². The third-order valence-corrected chi connectivity index (χ3v) is 3.25. The van der Waals surface area contributed by atoms with Gasteiger partial charge in [-0.1, -0.05) is 13.8 Å². The van der Waals surface area contributed by atoms with Crippen molar-refractivity contribution in [1.82, 2.24) is 9.55 Å². The molecule has 1 fully saturated rings. The predicted octanol–water partition coefficient (Wildman–Crippen LogP) is 0.149. The molecule has 2 rings (SSSR count). The minimum atomic E-state index is -0.589. The molecule has 0 bridgehead atoms. The Morgan fingerprint density at radius 1 is 1.50 bits per heavy atom. The molecule has 1 saturated heterocycles. The highest BCUT2D eigenvalue weighted by atomic mass is 16.5. The fourth-order valence-electron chi connectivity index (χ4n) is 2.25. The summed E-state index contributed by atoms with van der Waals surface area (Å²) in [5.41, 5.74) is -0.455. The van der Waals surface area contributed by atoms with Crippen molar-refractivity contribution in [2.75, 3.05) is 0 Å². The number of aromatic amines is 1. The lowest BCUT2D eigenvalue weighted by Gasteiger charge is -2.19. The predicted molar refractivity (Wildman–Crippen MR) is 65.4 cm³/mol. The Morgan fingerprint density at radius 2 is 2.17 bits per heavy atom. The van der Waals surface area contributed by atoms with Crippen LogP contribution in [0.3, 0.4) is 0 Å². The molecule has 2 N–H and O–H groups in total. The molecular formula is C12H18N2O4. The number of aliphatic hydroxyl groups is 1. The van der Waals surface area contributed by atoms with E-state index in [-0.39, 0.29) is 12.0 Å². The molecule has 0 radical (unpaired) electrons. The molecule has 2 heterocycles. The van der Waals surface area contributed by atoms with E-state index in [2.05, 4.69) is 4.98 Å². The zero-order valence-electron chi connectivity index (χ0n) is 10.7. The maximum absolute atomic E-state index is 11.7. The molecular weight excluding hydrogens is 236 g/mol. The van der Waals surface area contributed by atoms with Crippen LogP contribution in [0.15, 0.2) is 15.8 Å². The van der Waals surface area contributed by atoms with E-state index < -0.39 is 23.6 Å². The second-order valence-electron chi connectivity index (χ2n) is 5.08. The second kappa shape index (κ2) is 4.70. The summed E-state index contributed by atoms with van der Waals surface area (Å²) in [6, 6.07) is 0. The number of nitrogens with zero attached hydrogens (tertiary/aromatic N) is 1. The molecule has 6 nitrogen and oxygen atoms in total. The third-order valence-electron chi connectivity index (χ3n) is 3.25. The van der Waals surface area contributed by atoms with Gasteiger partial charge in [0.25, 0.3) is 5.56 Å². The summed E-state index contributed by atoms with van der Waals surface area (Å²) in [5, 5.41) is 9.89. The Morgan fingerprint density at radius 3 is 2.72 bits per heavy atom. The summed E-state index contributed by atoms with van der Waals surface area (Å²) in [7, 11) is 0. The van der Waals surface area contributed by atoms with Gasteiger partial charge in [0, 0.05) is 18.2 Å². The van der Waals surface area contributed by atoms with Gasteiger partial charge in [0.05, 0.1) is 12.2 Å². The Balaban J connectivity index is 2.32. The fourth-order valence-corrected chi connectivity index (χ4v) is 2.25. The molecule has 0 saturated carbocycles. The number of hydrogen-bond acceptors (Lipinski definition) is 4. The summed E-state index contributed by atoms with van der Waals surface area (Å²) in [6.45, 7) is 5.54. The van der Waals surface area contributed by atoms with Crippen LogP contribution in [0, 0.1) is 12.8 Å². The number of aromatic nitrogens is 2. The lowest BCUT2D eigenvalue weighted by Crippen LogP contribution is -2.33. The first-order chi connectivity index (χ1) is 8.40. The van der Waals surface area contributed by atoms with Crippen LogP contribution in [0.2, 0.25) is 0 Å². The average Bonchev–Trinajstić information content (AvgIpc) is 2.65. The molecule has 0 spiro atoms. The van der Waals surface area contributed by atoms with E-state index in [0.29, 0.717) is 12.0 Å². The molecule has 1 aromatic rings. The first-order valence-corrected chi connectivity index (χ1v) is 6.05. The van der Waals surface area contributed by atoms with Gasteiger partial charge in [-0.2, -0.15) is 0 Å². The van der Waals surface area contributed by atoms with E-state index in [9.17, 15) is 14.7 Å². The molecule has 6 heteroatoms. The highest BCUT2D eigenvalue weighted by Gasteiger charge is 2.37. The third kappa shape index (κ3) is 2.26. The quantitative estimate of drug-likeness (QED) is 0.786. The number of nitrogens with one attached hydrogen (secondary N) is 1. The summed E-state index contributed by atoms with van der Waals surface area (Å²) in [6.07, 6.45) is 0.439. The molecule has 1 aliphatic heterocycles. The Kier molecular flexibility index (Phi) is 3.41. The lowest BCUT2D eigenvalue weighted by atomic mass is 10.0. The summed E-state index contributed by atoms with van der Waals surface area (Å²) in [4.78, 5) is 25.2. The van der Waals surface area contributed by atoms with Gasteiger partial charge in [-0.25, -0.2) is 4.79 Å². The van der Waals surface area contributed by atoms with Crippen LogP contribution in [-0.2, 0) is 4.74 Å². The highest BCUT2D eigenvalue weighted by Crippen LogP contribution is 2.31. The normalized spacial score (nSPS) is 27.9. The van der Waals surface area contributed by atoms with Crippen LogP contribution in [0.1, 0.15) is 32.1 Å². The fraction of sp³-hybridized carbons (Fsp3) is 0.667. The van der Waals surface area contributed by atoms with E-state index in [1.165, 1.54) is 10.8 Å². The van der Waals surface area contributed by atoms with Crippen molar-refractivity contribution in [3.8, 4) is 0 Å². The van der Waals surface area contributed by atoms with E-state index in [4.69, 9.17) is 4.74 Å². The molecule has 1 unspecified atom stereocenters. The van der Waals surface area contributed by atoms with E-state index in [0.717, 1.165) is 0 Å². The van der Waals surface area contributed by atoms with Gasteiger partial charge < -0.3 is 9.84 Å². The molecule has 1 aliphatic rings. The maximum atomic E-state index is 11.7. The number of rotatable bonds is 2. The van der Waals surface area contributed by atoms with Crippen molar-refractivity contribution in [2.45, 2.75) is 45.6 Å². The van der Waals surface area contributed by atoms with Gasteiger partial charge >= 0.3 is 5.69 Å². The van der Waals surface area contributed by atoms with E-state index >= 15 is 0 Å². The van der Waals surface area contributed by atoms with Crippen LogP contribution >= 0.6 is 0 Å². The number of H-pyrrole nitrogens is 1. The van der Waals surface area contributed by atoms with Gasteiger partial charge in [0.15, 0.2) is 0 Å². The van der Waals surface area contributed by atoms with E-state index in [1.807, 2.05) is 13.8 Å². The monoisotopic (exact) mass is 254 g/mol. The maximum Gasteiger partial charge on any atom is 0.330 e.